The zero-order valence-electron chi connectivity index (χ0n) is 8.12. The molecule has 0 bridgehead atoms. The SMILES string of the molecule is CCC(C)CC(CN)OCCO. The minimum Gasteiger partial charge on any atom is -0.394 e. The van der Waals surface area contributed by atoms with Crippen molar-refractivity contribution in [3.05, 3.63) is 0 Å². The van der Waals surface area contributed by atoms with Crippen molar-refractivity contribution in [1.82, 2.24) is 0 Å². The van der Waals surface area contributed by atoms with Crippen molar-refractivity contribution < 1.29 is 9.84 Å². The third kappa shape index (κ3) is 5.52. The summed E-state index contributed by atoms with van der Waals surface area (Å²) in [6.45, 7) is 5.37. The molecule has 0 aliphatic carbocycles. The molecule has 2 atom stereocenters. The van der Waals surface area contributed by atoms with E-state index in [1.807, 2.05) is 0 Å². The van der Waals surface area contributed by atoms with Gasteiger partial charge in [0.15, 0.2) is 0 Å². The fourth-order valence-corrected chi connectivity index (χ4v) is 1.07. The molecule has 0 heterocycles. The molecule has 0 saturated heterocycles. The molecule has 0 aliphatic rings. The van der Waals surface area contributed by atoms with Crippen LogP contribution in [0, 0.1) is 5.92 Å². The lowest BCUT2D eigenvalue weighted by Gasteiger charge is -2.18. The fourth-order valence-electron chi connectivity index (χ4n) is 1.07. The van der Waals surface area contributed by atoms with Crippen LogP contribution in [-0.4, -0.2) is 31.0 Å². The van der Waals surface area contributed by atoms with Gasteiger partial charge in [-0.1, -0.05) is 20.3 Å². The number of rotatable bonds is 7. The Balaban J connectivity index is 3.51. The predicted octanol–water partition coefficient (Wildman–Crippen LogP) is 0.759. The van der Waals surface area contributed by atoms with Crippen molar-refractivity contribution in [3.63, 3.8) is 0 Å². The smallest absolute Gasteiger partial charge is 0.0702 e. The Morgan fingerprint density at radius 1 is 1.50 bits per heavy atom. The van der Waals surface area contributed by atoms with E-state index in [0.29, 0.717) is 19.1 Å². The Labute approximate surface area is 74.9 Å². The molecule has 0 saturated carbocycles. The number of ether oxygens (including phenoxy) is 1. The van der Waals surface area contributed by atoms with Gasteiger partial charge in [-0.2, -0.15) is 0 Å². The molecule has 12 heavy (non-hydrogen) atoms. The van der Waals surface area contributed by atoms with Gasteiger partial charge in [-0.25, -0.2) is 0 Å². The van der Waals surface area contributed by atoms with E-state index in [1.165, 1.54) is 0 Å². The average Bonchev–Trinajstić information content (AvgIpc) is 2.11. The van der Waals surface area contributed by atoms with Crippen LogP contribution in [0.2, 0.25) is 0 Å². The van der Waals surface area contributed by atoms with Crippen LogP contribution >= 0.6 is 0 Å². The maximum atomic E-state index is 8.54. The van der Waals surface area contributed by atoms with E-state index in [9.17, 15) is 0 Å². The van der Waals surface area contributed by atoms with Crippen molar-refractivity contribution in [3.8, 4) is 0 Å². The molecule has 0 aromatic rings. The summed E-state index contributed by atoms with van der Waals surface area (Å²) in [6, 6.07) is 0. The lowest BCUT2D eigenvalue weighted by atomic mass is 10.0. The van der Waals surface area contributed by atoms with E-state index in [-0.39, 0.29) is 12.7 Å². The van der Waals surface area contributed by atoms with Crippen LogP contribution in [0.5, 0.6) is 0 Å². The lowest BCUT2D eigenvalue weighted by molar-refractivity contribution is 0.0212. The van der Waals surface area contributed by atoms with Crippen molar-refractivity contribution in [2.24, 2.45) is 11.7 Å². The van der Waals surface area contributed by atoms with E-state index >= 15 is 0 Å². The number of hydrogen-bond acceptors (Lipinski definition) is 3. The quantitative estimate of drug-likeness (QED) is 0.600. The highest BCUT2D eigenvalue weighted by Gasteiger charge is 2.10. The molecule has 0 spiro atoms. The van der Waals surface area contributed by atoms with E-state index in [4.69, 9.17) is 15.6 Å². The van der Waals surface area contributed by atoms with Crippen molar-refractivity contribution >= 4 is 0 Å². The standard InChI is InChI=1S/C9H21NO2/c1-3-8(2)6-9(7-10)12-5-4-11/h8-9,11H,3-7,10H2,1-2H3. The summed E-state index contributed by atoms with van der Waals surface area (Å²) < 4.78 is 5.34. The monoisotopic (exact) mass is 175 g/mol. The van der Waals surface area contributed by atoms with Gasteiger partial charge in [-0.15, -0.1) is 0 Å². The fraction of sp³-hybridized carbons (Fsp3) is 1.00. The molecule has 0 fully saturated rings. The molecule has 2 unspecified atom stereocenters. The Kier molecular flexibility index (Phi) is 7.45. The first-order valence-corrected chi connectivity index (χ1v) is 4.67. The molecule has 3 heteroatoms. The van der Waals surface area contributed by atoms with Crippen LogP contribution in [0.25, 0.3) is 0 Å². The molecule has 0 aromatic heterocycles. The molecule has 0 aliphatic heterocycles. The molecular formula is C9H21NO2. The van der Waals surface area contributed by atoms with Crippen molar-refractivity contribution in [1.29, 1.82) is 0 Å². The molecule has 74 valence electrons. The van der Waals surface area contributed by atoms with Gasteiger partial charge in [0, 0.05) is 6.54 Å². The van der Waals surface area contributed by atoms with Gasteiger partial charge in [0.1, 0.15) is 0 Å². The highest BCUT2D eigenvalue weighted by Crippen LogP contribution is 2.11. The second kappa shape index (κ2) is 7.53. The summed E-state index contributed by atoms with van der Waals surface area (Å²) in [7, 11) is 0. The third-order valence-corrected chi connectivity index (χ3v) is 2.07. The Hall–Kier alpha value is -0.120. The Morgan fingerprint density at radius 3 is 2.58 bits per heavy atom. The minimum absolute atomic E-state index is 0.0804. The molecule has 3 N–H and O–H groups in total. The molecule has 0 radical (unpaired) electrons. The van der Waals surface area contributed by atoms with Crippen molar-refractivity contribution in [2.45, 2.75) is 32.8 Å². The van der Waals surface area contributed by atoms with E-state index in [2.05, 4.69) is 13.8 Å². The third-order valence-electron chi connectivity index (χ3n) is 2.07. The number of aliphatic hydroxyl groups is 1. The van der Waals surface area contributed by atoms with Crippen molar-refractivity contribution in [2.75, 3.05) is 19.8 Å². The van der Waals surface area contributed by atoms with Gasteiger partial charge in [-0.3, -0.25) is 0 Å². The molecule has 0 rings (SSSR count). The van der Waals surface area contributed by atoms with Gasteiger partial charge >= 0.3 is 0 Å². The van der Waals surface area contributed by atoms with Gasteiger partial charge in [0.2, 0.25) is 0 Å². The maximum Gasteiger partial charge on any atom is 0.0702 e. The summed E-state index contributed by atoms with van der Waals surface area (Å²) in [5, 5.41) is 8.54. The van der Waals surface area contributed by atoms with Crippen LogP contribution in [-0.2, 0) is 4.74 Å². The normalized spacial score (nSPS) is 16.0. The topological polar surface area (TPSA) is 55.5 Å². The Bertz CT molecular complexity index is 98.5. The zero-order valence-corrected chi connectivity index (χ0v) is 8.12. The van der Waals surface area contributed by atoms with Gasteiger partial charge in [-0.05, 0) is 12.3 Å². The van der Waals surface area contributed by atoms with Crippen LogP contribution in [0.3, 0.4) is 0 Å². The molecule has 0 aromatic carbocycles. The van der Waals surface area contributed by atoms with Gasteiger partial charge < -0.3 is 15.6 Å². The predicted molar refractivity (Wildman–Crippen MR) is 50.0 cm³/mol. The molecule has 0 amide bonds. The van der Waals surface area contributed by atoms with Crippen LogP contribution in [0.15, 0.2) is 0 Å². The first-order chi connectivity index (χ1) is 5.74. The average molecular weight is 175 g/mol. The van der Waals surface area contributed by atoms with Crippen LogP contribution < -0.4 is 5.73 Å². The van der Waals surface area contributed by atoms with E-state index in [0.717, 1.165) is 12.8 Å². The second-order valence-corrected chi connectivity index (χ2v) is 3.20. The summed E-state index contributed by atoms with van der Waals surface area (Å²) in [5.41, 5.74) is 5.51. The summed E-state index contributed by atoms with van der Waals surface area (Å²) in [6.07, 6.45) is 2.26. The number of nitrogens with two attached hydrogens (primary N) is 1. The lowest BCUT2D eigenvalue weighted by Crippen LogP contribution is -2.27. The summed E-state index contributed by atoms with van der Waals surface area (Å²) in [4.78, 5) is 0. The number of aliphatic hydroxyl groups excluding tert-OH is 1. The van der Waals surface area contributed by atoms with E-state index < -0.39 is 0 Å². The van der Waals surface area contributed by atoms with Gasteiger partial charge in [0.25, 0.3) is 0 Å². The largest absolute Gasteiger partial charge is 0.394 e. The highest BCUT2D eigenvalue weighted by molar-refractivity contribution is 4.62. The summed E-state index contributed by atoms with van der Waals surface area (Å²) in [5.74, 6) is 0.650. The molecular weight excluding hydrogens is 154 g/mol. The van der Waals surface area contributed by atoms with Crippen LogP contribution in [0.4, 0.5) is 0 Å². The van der Waals surface area contributed by atoms with E-state index in [1.54, 1.807) is 0 Å². The molecule has 3 nitrogen and oxygen atoms in total. The first kappa shape index (κ1) is 11.9. The van der Waals surface area contributed by atoms with Crippen LogP contribution in [0.1, 0.15) is 26.7 Å². The maximum absolute atomic E-state index is 8.54. The minimum atomic E-state index is 0.0804. The first-order valence-electron chi connectivity index (χ1n) is 4.67. The summed E-state index contributed by atoms with van der Waals surface area (Å²) >= 11 is 0. The highest BCUT2D eigenvalue weighted by atomic mass is 16.5. The zero-order chi connectivity index (χ0) is 9.40. The second-order valence-electron chi connectivity index (χ2n) is 3.20. The number of hydrogen-bond donors (Lipinski definition) is 2. The van der Waals surface area contributed by atoms with Gasteiger partial charge in [0.05, 0.1) is 19.3 Å². The Morgan fingerprint density at radius 2 is 2.17 bits per heavy atom.